The van der Waals surface area contributed by atoms with Crippen LogP contribution in [0.5, 0.6) is 0 Å². The van der Waals surface area contributed by atoms with Crippen LogP contribution in [0.3, 0.4) is 0 Å². The smallest absolute Gasteiger partial charge is 0.263 e. The number of nitrogens with zero attached hydrogens (tertiary/aromatic N) is 1. The number of amides is 1. The molecule has 0 spiro atoms. The van der Waals surface area contributed by atoms with E-state index in [9.17, 15) is 13.2 Å². The highest BCUT2D eigenvalue weighted by Crippen LogP contribution is 2.19. The second kappa shape index (κ2) is 8.46. The highest BCUT2D eigenvalue weighted by molar-refractivity contribution is 7.93. The minimum atomic E-state index is -3.72. The molecule has 1 amide bonds. The van der Waals surface area contributed by atoms with E-state index in [-0.39, 0.29) is 15.9 Å². The summed E-state index contributed by atoms with van der Waals surface area (Å²) in [6.45, 7) is 1.90. The predicted octanol–water partition coefficient (Wildman–Crippen LogP) is 3.38. The van der Waals surface area contributed by atoms with Gasteiger partial charge in [-0.2, -0.15) is 0 Å². The largest absolute Gasteiger partial charge is 0.332 e. The molecule has 3 aromatic rings. The van der Waals surface area contributed by atoms with Crippen molar-refractivity contribution in [2.45, 2.75) is 11.8 Å². The molecule has 0 unspecified atom stereocenters. The van der Waals surface area contributed by atoms with Crippen LogP contribution < -0.4 is 15.4 Å². The van der Waals surface area contributed by atoms with Crippen molar-refractivity contribution in [3.8, 4) is 0 Å². The number of nitrogens with one attached hydrogen (secondary N) is 3. The Labute approximate surface area is 171 Å². The predicted molar refractivity (Wildman–Crippen MR) is 114 cm³/mol. The van der Waals surface area contributed by atoms with Crippen molar-refractivity contribution in [3.05, 3.63) is 71.2 Å². The van der Waals surface area contributed by atoms with Gasteiger partial charge in [0.05, 0.1) is 4.90 Å². The Morgan fingerprint density at radius 2 is 1.89 bits per heavy atom. The van der Waals surface area contributed by atoms with E-state index in [1.54, 1.807) is 35.7 Å². The molecule has 3 N–H and O–H groups in total. The van der Waals surface area contributed by atoms with Gasteiger partial charge >= 0.3 is 0 Å². The number of sulfonamides is 1. The first kappa shape index (κ1) is 19.9. The molecule has 0 aliphatic carbocycles. The van der Waals surface area contributed by atoms with Crippen LogP contribution in [0.4, 0.5) is 10.8 Å². The molecule has 0 saturated carbocycles. The lowest BCUT2D eigenvalue weighted by molar-refractivity contribution is 0.0977. The summed E-state index contributed by atoms with van der Waals surface area (Å²) in [5, 5.41) is 7.53. The van der Waals surface area contributed by atoms with Crippen molar-refractivity contribution >= 4 is 55.4 Å². The van der Waals surface area contributed by atoms with Crippen molar-refractivity contribution in [1.82, 2.24) is 10.3 Å². The van der Waals surface area contributed by atoms with Gasteiger partial charge in [-0.05, 0) is 55.5 Å². The van der Waals surface area contributed by atoms with Gasteiger partial charge < -0.3 is 5.32 Å². The third-order valence-electron chi connectivity index (χ3n) is 3.58. The maximum Gasteiger partial charge on any atom is 0.263 e. The van der Waals surface area contributed by atoms with Gasteiger partial charge in [0, 0.05) is 22.8 Å². The van der Waals surface area contributed by atoms with E-state index in [2.05, 4.69) is 20.3 Å². The number of aromatic nitrogens is 1. The maximum absolute atomic E-state index is 12.3. The summed E-state index contributed by atoms with van der Waals surface area (Å²) in [6, 6.07) is 13.1. The molecule has 7 nitrogen and oxygen atoms in total. The Morgan fingerprint density at radius 3 is 2.54 bits per heavy atom. The van der Waals surface area contributed by atoms with Gasteiger partial charge in [0.25, 0.3) is 15.9 Å². The van der Waals surface area contributed by atoms with Crippen LogP contribution >= 0.6 is 23.6 Å². The number of benzene rings is 2. The topological polar surface area (TPSA) is 100 Å². The zero-order valence-corrected chi connectivity index (χ0v) is 17.1. The first-order valence-electron chi connectivity index (χ1n) is 8.05. The lowest BCUT2D eigenvalue weighted by Gasteiger charge is -2.11. The molecule has 2 aromatic carbocycles. The number of aryl methyl sites for hydroxylation is 1. The second-order valence-electron chi connectivity index (χ2n) is 5.74. The summed E-state index contributed by atoms with van der Waals surface area (Å²) in [7, 11) is -3.72. The normalized spacial score (nSPS) is 10.9. The minimum absolute atomic E-state index is 0.0861. The van der Waals surface area contributed by atoms with E-state index >= 15 is 0 Å². The summed E-state index contributed by atoms with van der Waals surface area (Å²) >= 11 is 6.34. The zero-order valence-electron chi connectivity index (χ0n) is 14.7. The molecule has 10 heteroatoms. The number of carbonyl (C=O) groups excluding carboxylic acids is 1. The molecule has 0 aliphatic heterocycles. The minimum Gasteiger partial charge on any atom is -0.332 e. The number of carbonyl (C=O) groups is 1. The molecular weight excluding hydrogens is 416 g/mol. The lowest BCUT2D eigenvalue weighted by atomic mass is 10.1. The van der Waals surface area contributed by atoms with Gasteiger partial charge in [-0.15, -0.1) is 11.3 Å². The molecule has 0 fully saturated rings. The highest BCUT2D eigenvalue weighted by Gasteiger charge is 2.15. The first-order chi connectivity index (χ1) is 13.3. The summed E-state index contributed by atoms with van der Waals surface area (Å²) in [4.78, 5) is 16.2. The third kappa shape index (κ3) is 5.12. The van der Waals surface area contributed by atoms with Crippen molar-refractivity contribution in [2.75, 3.05) is 10.0 Å². The number of anilines is 2. The van der Waals surface area contributed by atoms with Crippen molar-refractivity contribution in [1.29, 1.82) is 0 Å². The molecule has 3 rings (SSSR count). The summed E-state index contributed by atoms with van der Waals surface area (Å²) < 4.78 is 27.0. The van der Waals surface area contributed by atoms with Crippen LogP contribution in [0.25, 0.3) is 0 Å². The van der Waals surface area contributed by atoms with Crippen LogP contribution in [0.2, 0.25) is 0 Å². The van der Waals surface area contributed by atoms with Gasteiger partial charge in [0.2, 0.25) is 0 Å². The number of hydrogen-bond donors (Lipinski definition) is 3. The van der Waals surface area contributed by atoms with E-state index in [0.717, 1.165) is 5.56 Å². The molecule has 0 radical (unpaired) electrons. The quantitative estimate of drug-likeness (QED) is 0.535. The first-order valence-corrected chi connectivity index (χ1v) is 10.8. The molecule has 1 heterocycles. The number of rotatable bonds is 5. The third-order valence-corrected chi connectivity index (χ3v) is 5.96. The van der Waals surface area contributed by atoms with Crippen LogP contribution in [0.15, 0.2) is 65.0 Å². The van der Waals surface area contributed by atoms with E-state index in [4.69, 9.17) is 12.2 Å². The Morgan fingerprint density at radius 1 is 1.14 bits per heavy atom. The number of thiocarbonyl (C=S) groups is 1. The summed E-state index contributed by atoms with van der Waals surface area (Å²) in [5.41, 5.74) is 2.01. The fourth-order valence-corrected chi connectivity index (χ4v) is 4.29. The van der Waals surface area contributed by atoms with Gasteiger partial charge in [-0.1, -0.05) is 17.7 Å². The van der Waals surface area contributed by atoms with Crippen LogP contribution in [-0.2, 0) is 10.0 Å². The molecule has 0 atom stereocenters. The standard InChI is InChI=1S/C18H16N4O3S3/c1-12-3-2-4-13(11-12)16(23)21-17(26)20-14-5-7-15(8-6-14)28(24,25)22-18-19-9-10-27-18/h2-11H,1H3,(H,19,22)(H2,20,21,23,26). The summed E-state index contributed by atoms with van der Waals surface area (Å²) in [5.74, 6) is -0.326. The summed E-state index contributed by atoms with van der Waals surface area (Å²) in [6.07, 6.45) is 1.52. The van der Waals surface area contributed by atoms with Crippen LogP contribution in [-0.4, -0.2) is 24.4 Å². The van der Waals surface area contributed by atoms with Gasteiger partial charge in [0.15, 0.2) is 10.2 Å². The SMILES string of the molecule is Cc1cccc(C(=O)NC(=S)Nc2ccc(S(=O)(=O)Nc3nccs3)cc2)c1. The zero-order chi connectivity index (χ0) is 20.1. The molecule has 0 saturated heterocycles. The van der Waals surface area contributed by atoms with Gasteiger partial charge in [-0.25, -0.2) is 13.4 Å². The lowest BCUT2D eigenvalue weighted by Crippen LogP contribution is -2.34. The van der Waals surface area contributed by atoms with Crippen molar-refractivity contribution < 1.29 is 13.2 Å². The molecule has 144 valence electrons. The van der Waals surface area contributed by atoms with Crippen molar-refractivity contribution in [3.63, 3.8) is 0 Å². The molecule has 1 aromatic heterocycles. The fourth-order valence-electron chi connectivity index (χ4n) is 2.29. The molecule has 28 heavy (non-hydrogen) atoms. The Bertz CT molecular complexity index is 1100. The average molecular weight is 433 g/mol. The van der Waals surface area contributed by atoms with Gasteiger partial charge in [0.1, 0.15) is 0 Å². The van der Waals surface area contributed by atoms with E-state index < -0.39 is 10.0 Å². The number of thiazole rings is 1. The second-order valence-corrected chi connectivity index (χ2v) is 8.73. The van der Waals surface area contributed by atoms with Gasteiger partial charge in [-0.3, -0.25) is 14.8 Å². The molecule has 0 bridgehead atoms. The number of hydrogen-bond acceptors (Lipinski definition) is 6. The molecular formula is C18H16N4O3S3. The van der Waals surface area contributed by atoms with Crippen LogP contribution in [0, 0.1) is 6.92 Å². The van der Waals surface area contributed by atoms with E-state index in [0.29, 0.717) is 16.4 Å². The monoisotopic (exact) mass is 432 g/mol. The van der Waals surface area contributed by atoms with Crippen LogP contribution in [0.1, 0.15) is 15.9 Å². The Kier molecular flexibility index (Phi) is 6.02. The average Bonchev–Trinajstić information content (AvgIpc) is 3.14. The van der Waals surface area contributed by atoms with Crippen molar-refractivity contribution in [2.24, 2.45) is 0 Å². The van der Waals surface area contributed by atoms with E-state index in [1.165, 1.54) is 29.7 Å². The maximum atomic E-state index is 12.3. The van der Waals surface area contributed by atoms with E-state index in [1.807, 2.05) is 13.0 Å². The highest BCUT2D eigenvalue weighted by atomic mass is 32.2. The molecule has 0 aliphatic rings. The fraction of sp³-hybridized carbons (Fsp3) is 0.0556. The Hall–Kier alpha value is -2.82. The Balaban J connectivity index is 1.62.